The summed E-state index contributed by atoms with van der Waals surface area (Å²) in [7, 11) is -3.60. The maximum atomic E-state index is 12.1. The van der Waals surface area contributed by atoms with Crippen LogP contribution in [0.2, 0.25) is 0 Å². The van der Waals surface area contributed by atoms with E-state index in [2.05, 4.69) is 4.72 Å². The molecule has 0 aromatic heterocycles. The molecule has 1 aliphatic carbocycles. The summed E-state index contributed by atoms with van der Waals surface area (Å²) in [6.45, 7) is 1.55. The van der Waals surface area contributed by atoms with Gasteiger partial charge in [-0.1, -0.05) is 6.07 Å². The average Bonchev–Trinajstić information content (AvgIpc) is 2.74. The largest absolute Gasteiger partial charge is 0.386 e. The van der Waals surface area contributed by atoms with Crippen molar-refractivity contribution >= 4 is 15.9 Å². The summed E-state index contributed by atoms with van der Waals surface area (Å²) < 4.78 is 26.6. The fourth-order valence-corrected chi connectivity index (χ4v) is 3.35. The van der Waals surface area contributed by atoms with Crippen LogP contribution in [0.1, 0.15) is 24.5 Å². The molecule has 0 saturated heterocycles. The Morgan fingerprint density at radius 3 is 2.72 bits per heavy atom. The molecule has 5 nitrogen and oxygen atoms in total. The number of nitrogens with one attached hydrogen (secondary N) is 2. The van der Waals surface area contributed by atoms with E-state index in [1.807, 2.05) is 6.07 Å². The predicted molar refractivity (Wildman–Crippen MR) is 70.2 cm³/mol. The van der Waals surface area contributed by atoms with E-state index in [1.165, 1.54) is 5.56 Å². The number of aryl methyl sites for hydroxylation is 2. The van der Waals surface area contributed by atoms with E-state index >= 15 is 0 Å². The monoisotopic (exact) mass is 267 g/mol. The zero-order chi connectivity index (χ0) is 13.3. The summed E-state index contributed by atoms with van der Waals surface area (Å²) in [5.74, 6) is -0.195. The molecule has 6 heteroatoms. The van der Waals surface area contributed by atoms with Gasteiger partial charge in [-0.25, -0.2) is 13.1 Å². The number of benzene rings is 1. The molecule has 0 spiro atoms. The van der Waals surface area contributed by atoms with Crippen LogP contribution in [0, 0.1) is 5.41 Å². The van der Waals surface area contributed by atoms with Gasteiger partial charge in [0.05, 0.1) is 10.9 Å². The summed E-state index contributed by atoms with van der Waals surface area (Å²) in [5, 5.41) is 7.22. The van der Waals surface area contributed by atoms with Gasteiger partial charge in [-0.15, -0.1) is 0 Å². The van der Waals surface area contributed by atoms with Crippen LogP contribution in [0.15, 0.2) is 23.1 Å². The van der Waals surface area contributed by atoms with Crippen molar-refractivity contribution in [3.05, 3.63) is 29.3 Å². The molecule has 1 aromatic carbocycles. The number of hydrogen-bond acceptors (Lipinski definition) is 3. The van der Waals surface area contributed by atoms with E-state index in [-0.39, 0.29) is 10.7 Å². The Balaban J connectivity index is 2.28. The molecule has 4 N–H and O–H groups in total. The third-order valence-electron chi connectivity index (χ3n) is 3.18. The standard InChI is InChI=1S/C12H17N3O2S/c1-8(12(13)14)15-18(16,17)11-6-5-9-3-2-4-10(9)7-11/h5-8,15H,2-4H2,1H3,(H3,13,14). The van der Waals surface area contributed by atoms with Crippen molar-refractivity contribution < 1.29 is 8.42 Å². The lowest BCUT2D eigenvalue weighted by molar-refractivity contribution is 0.578. The van der Waals surface area contributed by atoms with Gasteiger partial charge in [-0.3, -0.25) is 5.41 Å². The fraction of sp³-hybridized carbons (Fsp3) is 0.417. The van der Waals surface area contributed by atoms with Crippen molar-refractivity contribution in [1.29, 1.82) is 5.41 Å². The molecule has 0 bridgehead atoms. The highest BCUT2D eigenvalue weighted by Crippen LogP contribution is 2.24. The lowest BCUT2D eigenvalue weighted by Gasteiger charge is -2.13. The van der Waals surface area contributed by atoms with Gasteiger partial charge in [0.25, 0.3) is 0 Å². The Kier molecular flexibility index (Phi) is 3.41. The van der Waals surface area contributed by atoms with Crippen LogP contribution in [0.25, 0.3) is 0 Å². The molecular weight excluding hydrogens is 250 g/mol. The number of amidine groups is 1. The van der Waals surface area contributed by atoms with Gasteiger partial charge >= 0.3 is 0 Å². The second-order valence-electron chi connectivity index (χ2n) is 4.58. The molecule has 1 aromatic rings. The third-order valence-corrected chi connectivity index (χ3v) is 4.72. The Morgan fingerprint density at radius 2 is 2.06 bits per heavy atom. The summed E-state index contributed by atoms with van der Waals surface area (Å²) >= 11 is 0. The minimum atomic E-state index is -3.60. The van der Waals surface area contributed by atoms with Crippen molar-refractivity contribution in [2.75, 3.05) is 0 Å². The molecule has 18 heavy (non-hydrogen) atoms. The average molecular weight is 267 g/mol. The zero-order valence-electron chi connectivity index (χ0n) is 10.2. The third kappa shape index (κ3) is 2.54. The molecule has 0 aliphatic heterocycles. The zero-order valence-corrected chi connectivity index (χ0v) is 11.0. The minimum absolute atomic E-state index is 0.195. The lowest BCUT2D eigenvalue weighted by atomic mass is 10.1. The van der Waals surface area contributed by atoms with E-state index in [0.29, 0.717) is 0 Å². The van der Waals surface area contributed by atoms with Crippen molar-refractivity contribution in [2.45, 2.75) is 37.1 Å². The number of nitrogens with two attached hydrogens (primary N) is 1. The van der Waals surface area contributed by atoms with Crippen LogP contribution in [-0.4, -0.2) is 20.3 Å². The second-order valence-corrected chi connectivity index (χ2v) is 6.30. The molecule has 98 valence electrons. The Bertz CT molecular complexity index is 581. The maximum Gasteiger partial charge on any atom is 0.241 e. The van der Waals surface area contributed by atoms with Crippen molar-refractivity contribution in [3.8, 4) is 0 Å². The Labute approximate surface area is 107 Å². The predicted octanol–water partition coefficient (Wildman–Crippen LogP) is 0.778. The quantitative estimate of drug-likeness (QED) is 0.555. The minimum Gasteiger partial charge on any atom is -0.386 e. The van der Waals surface area contributed by atoms with Gasteiger partial charge < -0.3 is 5.73 Å². The highest BCUT2D eigenvalue weighted by atomic mass is 32.2. The van der Waals surface area contributed by atoms with E-state index in [9.17, 15) is 8.42 Å². The summed E-state index contributed by atoms with van der Waals surface area (Å²) in [6, 6.07) is 4.51. The summed E-state index contributed by atoms with van der Waals surface area (Å²) in [4.78, 5) is 0.247. The van der Waals surface area contributed by atoms with Gasteiger partial charge in [-0.2, -0.15) is 0 Å². The number of rotatable bonds is 4. The Hall–Kier alpha value is -1.40. The molecule has 1 aliphatic rings. The highest BCUT2D eigenvalue weighted by Gasteiger charge is 2.21. The normalized spacial score (nSPS) is 16.3. The molecule has 0 amide bonds. The molecule has 0 saturated carbocycles. The molecule has 0 radical (unpaired) electrons. The molecule has 0 fully saturated rings. The van der Waals surface area contributed by atoms with Crippen LogP contribution in [0.4, 0.5) is 0 Å². The van der Waals surface area contributed by atoms with Crippen LogP contribution in [0.3, 0.4) is 0 Å². The van der Waals surface area contributed by atoms with Gasteiger partial charge in [-0.05, 0) is 49.4 Å². The van der Waals surface area contributed by atoms with Gasteiger partial charge in [0.1, 0.15) is 5.84 Å². The van der Waals surface area contributed by atoms with Crippen LogP contribution in [-0.2, 0) is 22.9 Å². The second kappa shape index (κ2) is 4.70. The van der Waals surface area contributed by atoms with Gasteiger partial charge in [0, 0.05) is 0 Å². The molecular formula is C12H17N3O2S. The summed E-state index contributed by atoms with van der Waals surface area (Å²) in [5.41, 5.74) is 7.60. The van der Waals surface area contributed by atoms with Gasteiger partial charge in [0.2, 0.25) is 10.0 Å². The Morgan fingerprint density at radius 1 is 1.39 bits per heavy atom. The number of sulfonamides is 1. The lowest BCUT2D eigenvalue weighted by Crippen LogP contribution is -2.41. The first-order valence-corrected chi connectivity index (χ1v) is 7.36. The maximum absolute atomic E-state index is 12.1. The topological polar surface area (TPSA) is 96.0 Å². The molecule has 1 unspecified atom stereocenters. The van der Waals surface area contributed by atoms with E-state index in [0.717, 1.165) is 24.8 Å². The highest BCUT2D eigenvalue weighted by molar-refractivity contribution is 7.89. The SMILES string of the molecule is CC(NS(=O)(=O)c1ccc2c(c1)CCC2)C(=N)N. The number of hydrogen-bond donors (Lipinski definition) is 3. The van der Waals surface area contributed by atoms with E-state index in [4.69, 9.17) is 11.1 Å². The number of fused-ring (bicyclic) bond motifs is 1. The van der Waals surface area contributed by atoms with Crippen molar-refractivity contribution in [1.82, 2.24) is 4.72 Å². The first-order chi connectivity index (χ1) is 8.40. The molecule has 0 heterocycles. The van der Waals surface area contributed by atoms with Gasteiger partial charge in [0.15, 0.2) is 0 Å². The fourth-order valence-electron chi connectivity index (χ4n) is 2.08. The molecule has 2 rings (SSSR count). The molecule has 1 atom stereocenters. The van der Waals surface area contributed by atoms with Crippen molar-refractivity contribution in [3.63, 3.8) is 0 Å². The van der Waals surface area contributed by atoms with Crippen LogP contribution >= 0.6 is 0 Å². The first kappa shape index (κ1) is 13.0. The smallest absolute Gasteiger partial charge is 0.241 e. The van der Waals surface area contributed by atoms with E-state index < -0.39 is 16.1 Å². The summed E-state index contributed by atoms with van der Waals surface area (Å²) in [6.07, 6.45) is 3.03. The first-order valence-electron chi connectivity index (χ1n) is 5.88. The van der Waals surface area contributed by atoms with E-state index in [1.54, 1.807) is 19.1 Å². The van der Waals surface area contributed by atoms with Crippen LogP contribution < -0.4 is 10.5 Å². The van der Waals surface area contributed by atoms with Crippen molar-refractivity contribution in [2.24, 2.45) is 5.73 Å². The van der Waals surface area contributed by atoms with Crippen LogP contribution in [0.5, 0.6) is 0 Å².